The number of carbonyl (C=O) groups is 1. The highest BCUT2D eigenvalue weighted by Gasteiger charge is 2.06. The molecule has 1 aromatic rings. The van der Waals surface area contributed by atoms with Gasteiger partial charge in [0.1, 0.15) is 5.82 Å². The lowest BCUT2D eigenvalue weighted by Crippen LogP contribution is -2.07. The van der Waals surface area contributed by atoms with E-state index in [0.717, 1.165) is 12.8 Å². The van der Waals surface area contributed by atoms with Gasteiger partial charge in [-0.1, -0.05) is 26.2 Å². The van der Waals surface area contributed by atoms with Crippen LogP contribution in [0, 0.1) is 0 Å². The van der Waals surface area contributed by atoms with Crippen LogP contribution >= 0.6 is 0 Å². The van der Waals surface area contributed by atoms with Gasteiger partial charge in [-0.3, -0.25) is 0 Å². The van der Waals surface area contributed by atoms with Gasteiger partial charge in [0.25, 0.3) is 0 Å². The Morgan fingerprint density at radius 3 is 2.81 bits per heavy atom. The molecule has 16 heavy (non-hydrogen) atoms. The second-order valence-corrected chi connectivity index (χ2v) is 3.67. The molecule has 0 spiro atoms. The molecule has 2 N–H and O–H groups in total. The van der Waals surface area contributed by atoms with Crippen LogP contribution in [0.2, 0.25) is 0 Å². The number of carbonyl (C=O) groups excluding carboxylic acids is 1. The smallest absolute Gasteiger partial charge is 0.339 e. The standard InChI is InChI=1S/C12H18N2O2/c1-2-3-4-5-8-16-12(15)10-6-7-11(13)14-9-10/h6-7,9H,2-5,8H2,1H3,(H2,13,14). The molecule has 0 unspecified atom stereocenters. The van der Waals surface area contributed by atoms with Crippen LogP contribution in [0.15, 0.2) is 18.3 Å². The third kappa shape index (κ3) is 4.29. The quantitative estimate of drug-likeness (QED) is 0.593. The predicted octanol–water partition coefficient (Wildman–Crippen LogP) is 2.40. The van der Waals surface area contributed by atoms with Crippen molar-refractivity contribution in [3.05, 3.63) is 23.9 Å². The van der Waals surface area contributed by atoms with Gasteiger partial charge in [-0.05, 0) is 18.6 Å². The number of nitrogen functional groups attached to an aromatic ring is 1. The van der Waals surface area contributed by atoms with Gasteiger partial charge < -0.3 is 10.5 Å². The molecule has 1 aromatic heterocycles. The molecule has 0 fully saturated rings. The molecule has 0 bridgehead atoms. The van der Waals surface area contributed by atoms with Gasteiger partial charge in [0, 0.05) is 6.20 Å². The Labute approximate surface area is 95.8 Å². The highest BCUT2D eigenvalue weighted by atomic mass is 16.5. The van der Waals surface area contributed by atoms with Crippen LogP contribution in [-0.2, 0) is 4.74 Å². The normalized spacial score (nSPS) is 10.1. The Kier molecular flexibility index (Phi) is 5.32. The van der Waals surface area contributed by atoms with Crippen molar-refractivity contribution in [1.29, 1.82) is 0 Å². The van der Waals surface area contributed by atoms with Crippen LogP contribution in [-0.4, -0.2) is 17.6 Å². The van der Waals surface area contributed by atoms with E-state index in [0.29, 0.717) is 18.0 Å². The van der Waals surface area contributed by atoms with E-state index in [1.165, 1.54) is 19.0 Å². The van der Waals surface area contributed by atoms with Crippen LogP contribution in [0.25, 0.3) is 0 Å². The molecule has 0 saturated heterocycles. The average Bonchev–Trinajstić information content (AvgIpc) is 2.29. The zero-order chi connectivity index (χ0) is 11.8. The van der Waals surface area contributed by atoms with Gasteiger partial charge in [0.05, 0.1) is 12.2 Å². The van der Waals surface area contributed by atoms with Crippen molar-refractivity contribution in [2.24, 2.45) is 0 Å². The van der Waals surface area contributed by atoms with Crippen molar-refractivity contribution < 1.29 is 9.53 Å². The monoisotopic (exact) mass is 222 g/mol. The number of esters is 1. The highest BCUT2D eigenvalue weighted by Crippen LogP contribution is 2.05. The van der Waals surface area contributed by atoms with E-state index in [4.69, 9.17) is 10.5 Å². The molecule has 0 aliphatic heterocycles. The third-order valence-corrected chi connectivity index (χ3v) is 2.25. The van der Waals surface area contributed by atoms with Crippen molar-refractivity contribution in [2.75, 3.05) is 12.3 Å². The lowest BCUT2D eigenvalue weighted by Gasteiger charge is -2.04. The molecule has 4 heteroatoms. The Morgan fingerprint density at radius 1 is 1.38 bits per heavy atom. The fraction of sp³-hybridized carbons (Fsp3) is 0.500. The molecule has 1 heterocycles. The number of nitrogens with zero attached hydrogens (tertiary/aromatic N) is 1. The SMILES string of the molecule is CCCCCCOC(=O)c1ccc(N)nc1. The fourth-order valence-corrected chi connectivity index (χ4v) is 1.30. The first-order valence-electron chi connectivity index (χ1n) is 5.62. The van der Waals surface area contributed by atoms with Crippen molar-refractivity contribution in [1.82, 2.24) is 4.98 Å². The van der Waals surface area contributed by atoms with E-state index in [1.807, 2.05) is 0 Å². The Bertz CT molecular complexity index is 322. The highest BCUT2D eigenvalue weighted by molar-refractivity contribution is 5.89. The summed E-state index contributed by atoms with van der Waals surface area (Å²) in [7, 11) is 0. The molecule has 0 atom stereocenters. The molecule has 0 saturated carbocycles. The summed E-state index contributed by atoms with van der Waals surface area (Å²) in [5, 5.41) is 0. The minimum Gasteiger partial charge on any atom is -0.462 e. The molecule has 0 aliphatic rings. The molecular weight excluding hydrogens is 204 g/mol. The van der Waals surface area contributed by atoms with Gasteiger partial charge in [0.15, 0.2) is 0 Å². The summed E-state index contributed by atoms with van der Waals surface area (Å²) in [5.74, 6) is 0.0727. The lowest BCUT2D eigenvalue weighted by molar-refractivity contribution is 0.0497. The van der Waals surface area contributed by atoms with E-state index in [1.54, 1.807) is 12.1 Å². The average molecular weight is 222 g/mol. The van der Waals surface area contributed by atoms with Gasteiger partial charge in [-0.2, -0.15) is 0 Å². The molecule has 4 nitrogen and oxygen atoms in total. The van der Waals surface area contributed by atoms with E-state index < -0.39 is 0 Å². The Morgan fingerprint density at radius 2 is 2.19 bits per heavy atom. The van der Waals surface area contributed by atoms with E-state index in [-0.39, 0.29) is 5.97 Å². The second-order valence-electron chi connectivity index (χ2n) is 3.67. The fourth-order valence-electron chi connectivity index (χ4n) is 1.30. The number of nitrogens with two attached hydrogens (primary N) is 1. The number of anilines is 1. The number of pyridine rings is 1. The zero-order valence-electron chi connectivity index (χ0n) is 9.61. The molecule has 0 radical (unpaired) electrons. The third-order valence-electron chi connectivity index (χ3n) is 2.25. The van der Waals surface area contributed by atoms with Crippen LogP contribution in [0.4, 0.5) is 5.82 Å². The van der Waals surface area contributed by atoms with Gasteiger partial charge in [-0.25, -0.2) is 9.78 Å². The molecule has 0 aromatic carbocycles. The first kappa shape index (κ1) is 12.5. The van der Waals surface area contributed by atoms with E-state index in [9.17, 15) is 4.79 Å². The van der Waals surface area contributed by atoms with Crippen LogP contribution in [0.1, 0.15) is 43.0 Å². The second kappa shape index (κ2) is 6.82. The van der Waals surface area contributed by atoms with Gasteiger partial charge in [0.2, 0.25) is 0 Å². The number of unbranched alkanes of at least 4 members (excludes halogenated alkanes) is 3. The number of hydrogen-bond donors (Lipinski definition) is 1. The number of aromatic nitrogens is 1. The summed E-state index contributed by atoms with van der Waals surface area (Å²) in [4.78, 5) is 15.3. The van der Waals surface area contributed by atoms with Gasteiger partial charge in [-0.15, -0.1) is 0 Å². The lowest BCUT2D eigenvalue weighted by atomic mass is 10.2. The van der Waals surface area contributed by atoms with E-state index in [2.05, 4.69) is 11.9 Å². The number of hydrogen-bond acceptors (Lipinski definition) is 4. The number of ether oxygens (including phenoxy) is 1. The molecular formula is C12H18N2O2. The summed E-state index contributed by atoms with van der Waals surface area (Å²) < 4.78 is 5.09. The zero-order valence-corrected chi connectivity index (χ0v) is 9.61. The molecule has 1 rings (SSSR count). The largest absolute Gasteiger partial charge is 0.462 e. The van der Waals surface area contributed by atoms with Crippen LogP contribution in [0.5, 0.6) is 0 Å². The number of rotatable bonds is 6. The summed E-state index contributed by atoms with van der Waals surface area (Å²) >= 11 is 0. The first-order valence-corrected chi connectivity index (χ1v) is 5.62. The maximum atomic E-state index is 11.5. The summed E-state index contributed by atoms with van der Waals surface area (Å²) in [6.45, 7) is 2.62. The maximum Gasteiger partial charge on any atom is 0.339 e. The van der Waals surface area contributed by atoms with E-state index >= 15 is 0 Å². The maximum absolute atomic E-state index is 11.5. The summed E-state index contributed by atoms with van der Waals surface area (Å²) in [6, 6.07) is 3.21. The van der Waals surface area contributed by atoms with Crippen molar-refractivity contribution in [3.8, 4) is 0 Å². The molecule has 0 amide bonds. The summed E-state index contributed by atoms with van der Waals surface area (Å²) in [6.07, 6.45) is 5.81. The predicted molar refractivity (Wildman–Crippen MR) is 63.1 cm³/mol. The first-order chi connectivity index (χ1) is 7.74. The Hall–Kier alpha value is -1.58. The molecule has 88 valence electrons. The van der Waals surface area contributed by atoms with Gasteiger partial charge >= 0.3 is 5.97 Å². The van der Waals surface area contributed by atoms with Crippen molar-refractivity contribution in [3.63, 3.8) is 0 Å². The minimum atomic E-state index is -0.330. The minimum absolute atomic E-state index is 0.330. The topological polar surface area (TPSA) is 65.2 Å². The molecule has 0 aliphatic carbocycles. The van der Waals surface area contributed by atoms with Crippen LogP contribution < -0.4 is 5.73 Å². The van der Waals surface area contributed by atoms with Crippen molar-refractivity contribution in [2.45, 2.75) is 32.6 Å². The van der Waals surface area contributed by atoms with Crippen molar-refractivity contribution >= 4 is 11.8 Å². The van der Waals surface area contributed by atoms with Crippen LogP contribution in [0.3, 0.4) is 0 Å². The summed E-state index contributed by atoms with van der Waals surface area (Å²) in [5.41, 5.74) is 5.87. The Balaban J connectivity index is 2.27.